The van der Waals surface area contributed by atoms with Crippen LogP contribution in [0.25, 0.3) is 15.9 Å². The number of thioether (sulfide) groups is 1. The number of rotatable bonds is 4. The first kappa shape index (κ1) is 21.0. The van der Waals surface area contributed by atoms with Crippen molar-refractivity contribution < 1.29 is 4.79 Å². The van der Waals surface area contributed by atoms with Gasteiger partial charge in [-0.25, -0.2) is 4.98 Å². The highest BCUT2D eigenvalue weighted by atomic mass is 32.2. The molecule has 5 rings (SSSR count). The maximum Gasteiger partial charge on any atom is 0.267 e. The van der Waals surface area contributed by atoms with Crippen molar-refractivity contribution in [2.24, 2.45) is 0 Å². The highest BCUT2D eigenvalue weighted by Gasteiger charge is 2.26. The Morgan fingerprint density at radius 1 is 1.16 bits per heavy atom. The molecule has 7 heteroatoms. The molecule has 0 bridgehead atoms. The summed E-state index contributed by atoms with van der Waals surface area (Å²) in [7, 11) is 0. The number of fused-ring (bicyclic) bond motifs is 3. The summed E-state index contributed by atoms with van der Waals surface area (Å²) in [4.78, 5) is 34.4. The van der Waals surface area contributed by atoms with Crippen molar-refractivity contribution in [1.82, 2.24) is 14.5 Å². The number of carbonyl (C=O) groups excluding carboxylic acids is 1. The van der Waals surface area contributed by atoms with Crippen LogP contribution in [0.5, 0.6) is 0 Å². The smallest absolute Gasteiger partial charge is 0.267 e. The predicted octanol–water partition coefficient (Wildman–Crippen LogP) is 4.95. The lowest BCUT2D eigenvalue weighted by molar-refractivity contribution is -0.129. The number of nitrogens with zero attached hydrogens (tertiary/aromatic N) is 3. The van der Waals surface area contributed by atoms with E-state index in [1.807, 2.05) is 54.3 Å². The number of aromatic nitrogens is 2. The average molecular weight is 462 g/mol. The number of hydrogen-bond donors (Lipinski definition) is 0. The molecule has 4 aromatic rings. The fourth-order valence-corrected chi connectivity index (χ4v) is 6.35. The Morgan fingerprint density at radius 2 is 1.97 bits per heavy atom. The quantitative estimate of drug-likeness (QED) is 0.319. The van der Waals surface area contributed by atoms with E-state index in [2.05, 4.69) is 12.1 Å². The van der Waals surface area contributed by atoms with Crippen LogP contribution in [0.15, 0.2) is 64.5 Å². The minimum absolute atomic E-state index is 0.0232. The van der Waals surface area contributed by atoms with Crippen molar-refractivity contribution in [2.75, 3.05) is 6.54 Å². The summed E-state index contributed by atoms with van der Waals surface area (Å²) >= 11 is 3.12. The van der Waals surface area contributed by atoms with Crippen LogP contribution < -0.4 is 5.56 Å². The van der Waals surface area contributed by atoms with Gasteiger partial charge in [0.1, 0.15) is 4.83 Å². The molecule has 0 N–H and O–H groups in total. The molecule has 162 valence electrons. The van der Waals surface area contributed by atoms with Gasteiger partial charge in [-0.1, -0.05) is 54.2 Å². The first-order valence-electron chi connectivity index (χ1n) is 10.6. The lowest BCUT2D eigenvalue weighted by Crippen LogP contribution is -2.34. The summed E-state index contributed by atoms with van der Waals surface area (Å²) < 4.78 is 1.76. The summed E-state index contributed by atoms with van der Waals surface area (Å²) in [6, 6.07) is 18.2. The summed E-state index contributed by atoms with van der Waals surface area (Å²) in [5, 5.41) is 1.40. The van der Waals surface area contributed by atoms with Crippen LogP contribution in [0, 0.1) is 6.92 Å². The fourth-order valence-electron chi connectivity index (χ4n) is 4.11. The molecule has 1 amide bonds. The second-order valence-electron chi connectivity index (χ2n) is 8.02. The van der Waals surface area contributed by atoms with Gasteiger partial charge in [-0.3, -0.25) is 14.2 Å². The maximum absolute atomic E-state index is 13.9. The van der Waals surface area contributed by atoms with Crippen LogP contribution in [-0.2, 0) is 23.5 Å². The normalized spacial score (nSPS) is 13.4. The third-order valence-corrected chi connectivity index (χ3v) is 7.88. The van der Waals surface area contributed by atoms with Gasteiger partial charge >= 0.3 is 0 Å². The monoisotopic (exact) mass is 461 g/mol. The van der Waals surface area contributed by atoms with E-state index in [1.165, 1.54) is 5.56 Å². The number of thiophene rings is 1. The molecule has 1 aliphatic rings. The zero-order valence-corrected chi connectivity index (χ0v) is 19.6. The molecule has 32 heavy (non-hydrogen) atoms. The average Bonchev–Trinajstić information content (AvgIpc) is 3.16. The van der Waals surface area contributed by atoms with Gasteiger partial charge in [-0.15, -0.1) is 11.3 Å². The van der Waals surface area contributed by atoms with Gasteiger partial charge in [0.25, 0.3) is 5.56 Å². The van der Waals surface area contributed by atoms with Crippen molar-refractivity contribution in [1.29, 1.82) is 0 Å². The molecule has 0 unspecified atom stereocenters. The first-order chi connectivity index (χ1) is 15.5. The highest BCUT2D eigenvalue weighted by molar-refractivity contribution is 7.98. The van der Waals surface area contributed by atoms with Crippen molar-refractivity contribution in [3.05, 3.63) is 86.5 Å². The van der Waals surface area contributed by atoms with Gasteiger partial charge in [0.15, 0.2) is 5.16 Å². The standard InChI is InChI=1S/C25H23N3O2S2/c1-16-7-6-10-19(13-16)28-24(30)22-20-11-12-27(17(2)29)14-21(20)32-23(22)26-25(28)31-15-18-8-4-3-5-9-18/h3-10,13H,11-12,14-15H2,1-2H3. The largest absolute Gasteiger partial charge is 0.337 e. The second kappa shape index (κ2) is 8.56. The van der Waals surface area contributed by atoms with Gasteiger partial charge in [0.2, 0.25) is 5.91 Å². The zero-order valence-electron chi connectivity index (χ0n) is 18.0. The van der Waals surface area contributed by atoms with Crippen LogP contribution in [0.1, 0.15) is 28.5 Å². The van der Waals surface area contributed by atoms with Crippen molar-refractivity contribution in [2.45, 2.75) is 37.7 Å². The van der Waals surface area contributed by atoms with E-state index in [9.17, 15) is 9.59 Å². The first-order valence-corrected chi connectivity index (χ1v) is 12.4. The molecule has 0 saturated carbocycles. The summed E-state index contributed by atoms with van der Waals surface area (Å²) in [5.41, 5.74) is 4.15. The molecular weight excluding hydrogens is 438 g/mol. The predicted molar refractivity (Wildman–Crippen MR) is 131 cm³/mol. The zero-order chi connectivity index (χ0) is 22.2. The number of hydrogen-bond acceptors (Lipinski definition) is 5. The van der Waals surface area contributed by atoms with E-state index in [-0.39, 0.29) is 11.5 Å². The second-order valence-corrected chi connectivity index (χ2v) is 10.0. The van der Waals surface area contributed by atoms with Gasteiger partial charge in [0, 0.05) is 24.1 Å². The van der Waals surface area contributed by atoms with Gasteiger partial charge in [-0.05, 0) is 42.2 Å². The highest BCUT2D eigenvalue weighted by Crippen LogP contribution is 2.35. The Morgan fingerprint density at radius 3 is 2.72 bits per heavy atom. The topological polar surface area (TPSA) is 55.2 Å². The summed E-state index contributed by atoms with van der Waals surface area (Å²) in [6.07, 6.45) is 0.691. The minimum Gasteiger partial charge on any atom is -0.337 e. The number of aryl methyl sites for hydroxylation is 1. The summed E-state index contributed by atoms with van der Waals surface area (Å²) in [6.45, 7) is 4.82. The molecule has 2 aromatic carbocycles. The Bertz CT molecular complexity index is 1380. The Balaban J connectivity index is 1.66. The molecule has 0 spiro atoms. The van der Waals surface area contributed by atoms with Crippen molar-refractivity contribution in [3.8, 4) is 5.69 Å². The van der Waals surface area contributed by atoms with Crippen molar-refractivity contribution in [3.63, 3.8) is 0 Å². The molecule has 3 heterocycles. The van der Waals surface area contributed by atoms with Crippen molar-refractivity contribution >= 4 is 39.2 Å². The number of carbonyl (C=O) groups is 1. The molecule has 0 radical (unpaired) electrons. The Labute approximate surface area is 194 Å². The molecule has 1 aliphatic heterocycles. The van der Waals surface area contributed by atoms with Gasteiger partial charge in [0.05, 0.1) is 17.6 Å². The van der Waals surface area contributed by atoms with E-state index < -0.39 is 0 Å². The van der Waals surface area contributed by atoms with E-state index in [0.717, 1.165) is 32.3 Å². The van der Waals surface area contributed by atoms with E-state index in [0.29, 0.717) is 30.1 Å². The summed E-state index contributed by atoms with van der Waals surface area (Å²) in [5.74, 6) is 0.797. The third kappa shape index (κ3) is 3.87. The molecule has 0 atom stereocenters. The Hall–Kier alpha value is -2.90. The van der Waals surface area contributed by atoms with E-state index >= 15 is 0 Å². The SMILES string of the molecule is CC(=O)N1CCc2c(sc3nc(SCc4ccccc4)n(-c4cccc(C)c4)c(=O)c23)C1. The van der Waals surface area contributed by atoms with E-state index in [1.54, 1.807) is 34.6 Å². The number of benzene rings is 2. The van der Waals surface area contributed by atoms with E-state index in [4.69, 9.17) is 4.98 Å². The van der Waals surface area contributed by atoms with Crippen LogP contribution in [0.3, 0.4) is 0 Å². The maximum atomic E-state index is 13.9. The van der Waals surface area contributed by atoms with Gasteiger partial charge < -0.3 is 4.90 Å². The van der Waals surface area contributed by atoms with Crippen LogP contribution in [-0.4, -0.2) is 26.9 Å². The molecular formula is C25H23N3O2S2. The van der Waals surface area contributed by atoms with Crippen LogP contribution in [0.4, 0.5) is 0 Å². The lowest BCUT2D eigenvalue weighted by Gasteiger charge is -2.25. The van der Waals surface area contributed by atoms with Gasteiger partial charge in [-0.2, -0.15) is 0 Å². The molecule has 0 saturated heterocycles. The fraction of sp³-hybridized carbons (Fsp3) is 0.240. The van der Waals surface area contributed by atoms with Crippen LogP contribution in [0.2, 0.25) is 0 Å². The number of amides is 1. The molecule has 0 fully saturated rings. The lowest BCUT2D eigenvalue weighted by atomic mass is 10.1. The molecule has 2 aromatic heterocycles. The Kier molecular flexibility index (Phi) is 5.61. The third-order valence-electron chi connectivity index (χ3n) is 5.76. The molecule has 5 nitrogen and oxygen atoms in total. The molecule has 0 aliphatic carbocycles. The minimum atomic E-state index is -0.0232. The van der Waals surface area contributed by atoms with Crippen LogP contribution >= 0.6 is 23.1 Å².